The summed E-state index contributed by atoms with van der Waals surface area (Å²) < 4.78 is 94.7. The third-order valence-corrected chi connectivity index (χ3v) is 7.22. The van der Waals surface area contributed by atoms with Gasteiger partial charge in [-0.1, -0.05) is 0 Å². The summed E-state index contributed by atoms with van der Waals surface area (Å²) in [6.07, 6.45) is -1.29. The topological polar surface area (TPSA) is 79.0 Å². The number of rotatable bonds is 3. The molecule has 1 unspecified atom stereocenters. The zero-order valence-corrected chi connectivity index (χ0v) is 16.3. The van der Waals surface area contributed by atoms with Gasteiger partial charge in [0.25, 0.3) is 10.0 Å². The highest BCUT2D eigenvalue weighted by Crippen LogP contribution is 2.55. The Morgan fingerprint density at radius 2 is 1.77 bits per heavy atom. The van der Waals surface area contributed by atoms with Crippen molar-refractivity contribution in [2.45, 2.75) is 30.0 Å². The van der Waals surface area contributed by atoms with Crippen molar-refractivity contribution in [1.29, 1.82) is 0 Å². The van der Waals surface area contributed by atoms with Gasteiger partial charge in [0.05, 0.1) is 23.6 Å². The van der Waals surface area contributed by atoms with Crippen LogP contribution in [0.2, 0.25) is 0 Å². The number of sulfonamides is 1. The Morgan fingerprint density at radius 3 is 2.39 bits per heavy atom. The fourth-order valence-corrected chi connectivity index (χ4v) is 5.53. The fraction of sp³-hybridized carbons (Fsp3) is 0.263. The maximum Gasteiger partial charge on any atom is 0.433 e. The molecule has 3 aromatic rings. The van der Waals surface area contributed by atoms with Crippen molar-refractivity contribution in [3.8, 4) is 11.3 Å². The second kappa shape index (κ2) is 6.49. The van der Waals surface area contributed by atoms with Crippen LogP contribution >= 0.6 is 0 Å². The Balaban J connectivity index is 1.71. The molecule has 1 aromatic carbocycles. The van der Waals surface area contributed by atoms with Crippen molar-refractivity contribution >= 4 is 15.7 Å². The molecule has 0 bridgehead atoms. The van der Waals surface area contributed by atoms with E-state index in [0.29, 0.717) is 36.4 Å². The Morgan fingerprint density at radius 1 is 1.06 bits per heavy atom. The van der Waals surface area contributed by atoms with Crippen LogP contribution in [-0.2, 0) is 16.2 Å². The maximum atomic E-state index is 14.1. The van der Waals surface area contributed by atoms with Crippen molar-refractivity contribution in [3.63, 3.8) is 0 Å². The van der Waals surface area contributed by atoms with E-state index in [2.05, 4.69) is 15.2 Å². The quantitative estimate of drug-likeness (QED) is 0.592. The second-order valence-corrected chi connectivity index (χ2v) is 9.26. The average molecular weight is 456 g/mol. The minimum Gasteiger partial charge on any atom is -0.277 e. The Labute approximate surface area is 172 Å². The number of H-pyrrole nitrogens is 1. The van der Waals surface area contributed by atoms with Gasteiger partial charge in [-0.25, -0.2) is 17.2 Å². The van der Waals surface area contributed by atoms with E-state index < -0.39 is 44.5 Å². The number of pyridine rings is 1. The lowest BCUT2D eigenvalue weighted by Crippen LogP contribution is -2.38. The number of benzene rings is 1. The number of hydrogen-bond acceptors (Lipinski definition) is 4. The van der Waals surface area contributed by atoms with Crippen LogP contribution in [0.25, 0.3) is 11.3 Å². The highest BCUT2D eigenvalue weighted by molar-refractivity contribution is 7.92. The van der Waals surface area contributed by atoms with Gasteiger partial charge in [-0.2, -0.15) is 18.3 Å². The first-order valence-corrected chi connectivity index (χ1v) is 10.6. The molecule has 2 aliphatic rings. The molecule has 3 heterocycles. The number of aromatic amines is 1. The predicted molar refractivity (Wildman–Crippen MR) is 98.3 cm³/mol. The largest absolute Gasteiger partial charge is 0.433 e. The molecule has 1 saturated carbocycles. The van der Waals surface area contributed by atoms with Crippen molar-refractivity contribution in [1.82, 2.24) is 15.2 Å². The second-order valence-electron chi connectivity index (χ2n) is 7.44. The molecule has 31 heavy (non-hydrogen) atoms. The predicted octanol–water partition coefficient (Wildman–Crippen LogP) is 4.43. The van der Waals surface area contributed by atoms with Gasteiger partial charge in [0.1, 0.15) is 10.6 Å². The van der Waals surface area contributed by atoms with Crippen molar-refractivity contribution in [2.75, 3.05) is 4.31 Å². The van der Waals surface area contributed by atoms with Gasteiger partial charge in [-0.05, 0) is 37.0 Å². The van der Waals surface area contributed by atoms with Gasteiger partial charge in [0.15, 0.2) is 11.6 Å². The molecule has 12 heteroatoms. The first-order valence-electron chi connectivity index (χ1n) is 9.19. The van der Waals surface area contributed by atoms with Crippen LogP contribution in [0.3, 0.4) is 0 Å². The molecule has 0 spiro atoms. The molecule has 0 amide bonds. The zero-order valence-electron chi connectivity index (χ0n) is 15.5. The van der Waals surface area contributed by atoms with E-state index >= 15 is 0 Å². The number of nitrogens with zero attached hydrogens (tertiary/aromatic N) is 3. The molecule has 1 N–H and O–H groups in total. The monoisotopic (exact) mass is 456 g/mol. The lowest BCUT2D eigenvalue weighted by Gasteiger charge is -2.37. The molecule has 6 nitrogen and oxygen atoms in total. The standard InChI is InChI=1S/C19H13F5N4O2S/c20-13-5-11-15(6-14(13)21)28(18(9-1-2-9)12-8-26-27-17(11)12)31(29,30)10-3-4-16(25-7-10)19(22,23)24/h3-9,18H,1-2H2,(H,26,27). The fourth-order valence-electron chi connectivity index (χ4n) is 3.88. The molecule has 1 aliphatic carbocycles. The van der Waals surface area contributed by atoms with Gasteiger partial charge in [0, 0.05) is 23.4 Å². The summed E-state index contributed by atoms with van der Waals surface area (Å²) in [5, 5.41) is 6.65. The summed E-state index contributed by atoms with van der Waals surface area (Å²) >= 11 is 0. The van der Waals surface area contributed by atoms with Gasteiger partial charge in [0.2, 0.25) is 0 Å². The average Bonchev–Trinajstić information content (AvgIpc) is 3.43. The van der Waals surface area contributed by atoms with Gasteiger partial charge in [-0.3, -0.25) is 14.4 Å². The van der Waals surface area contributed by atoms with E-state index in [4.69, 9.17) is 0 Å². The van der Waals surface area contributed by atoms with Crippen LogP contribution in [-0.4, -0.2) is 23.6 Å². The number of halogens is 5. The van der Waals surface area contributed by atoms with E-state index in [1.54, 1.807) is 0 Å². The Bertz CT molecular complexity index is 1280. The van der Waals surface area contributed by atoms with Gasteiger partial charge in [-0.15, -0.1) is 0 Å². The maximum absolute atomic E-state index is 14.1. The van der Waals surface area contributed by atoms with Crippen LogP contribution < -0.4 is 4.31 Å². The van der Waals surface area contributed by atoms with Crippen LogP contribution in [0, 0.1) is 17.6 Å². The lowest BCUT2D eigenvalue weighted by molar-refractivity contribution is -0.141. The molecule has 5 rings (SSSR count). The highest BCUT2D eigenvalue weighted by atomic mass is 32.2. The zero-order chi connectivity index (χ0) is 22.1. The molecule has 1 atom stereocenters. The molecular formula is C19H13F5N4O2S. The summed E-state index contributed by atoms with van der Waals surface area (Å²) in [6.45, 7) is 0. The Hall–Kier alpha value is -3.02. The van der Waals surface area contributed by atoms with Crippen LogP contribution in [0.5, 0.6) is 0 Å². The van der Waals surface area contributed by atoms with E-state index in [-0.39, 0.29) is 17.2 Å². The summed E-state index contributed by atoms with van der Waals surface area (Å²) in [5.74, 6) is -2.52. The summed E-state index contributed by atoms with van der Waals surface area (Å²) in [5.41, 5.74) is -0.402. The van der Waals surface area contributed by atoms with Crippen LogP contribution in [0.1, 0.15) is 30.1 Å². The molecule has 162 valence electrons. The van der Waals surface area contributed by atoms with E-state index in [1.807, 2.05) is 0 Å². The smallest absolute Gasteiger partial charge is 0.277 e. The van der Waals surface area contributed by atoms with E-state index in [1.165, 1.54) is 6.20 Å². The lowest BCUT2D eigenvalue weighted by atomic mass is 9.93. The first-order chi connectivity index (χ1) is 14.6. The van der Waals surface area contributed by atoms with Gasteiger partial charge < -0.3 is 0 Å². The van der Waals surface area contributed by atoms with Gasteiger partial charge >= 0.3 is 6.18 Å². The number of hydrogen-bond donors (Lipinski definition) is 1. The highest BCUT2D eigenvalue weighted by Gasteiger charge is 2.47. The van der Waals surface area contributed by atoms with Crippen LogP contribution in [0.4, 0.5) is 27.6 Å². The summed E-state index contributed by atoms with van der Waals surface area (Å²) in [4.78, 5) is 2.74. The third-order valence-electron chi connectivity index (χ3n) is 5.44. The normalized spacial score (nSPS) is 18.6. The van der Waals surface area contributed by atoms with Crippen LogP contribution in [0.15, 0.2) is 41.6 Å². The molecule has 2 aromatic heterocycles. The van der Waals surface area contributed by atoms with Crippen molar-refractivity contribution in [2.24, 2.45) is 5.92 Å². The number of anilines is 1. The SMILES string of the molecule is O=S(=O)(c1ccc(C(F)(F)F)nc1)N1c2cc(F)c(F)cc2-c2[nH]ncc2C1C1CC1. The molecule has 1 aliphatic heterocycles. The molecular weight excluding hydrogens is 443 g/mol. The number of alkyl halides is 3. The molecule has 0 radical (unpaired) electrons. The first kappa shape index (κ1) is 19.9. The van der Waals surface area contributed by atoms with Crippen molar-refractivity contribution in [3.05, 3.63) is 59.6 Å². The summed E-state index contributed by atoms with van der Waals surface area (Å²) in [6, 6.07) is 2.26. The number of aromatic nitrogens is 3. The minimum absolute atomic E-state index is 0.0896. The van der Waals surface area contributed by atoms with Crippen molar-refractivity contribution < 1.29 is 30.4 Å². The third kappa shape index (κ3) is 3.08. The number of fused-ring (bicyclic) bond motifs is 3. The number of nitrogens with one attached hydrogen (secondary N) is 1. The Kier molecular flexibility index (Phi) is 4.17. The van der Waals surface area contributed by atoms with E-state index in [9.17, 15) is 30.4 Å². The van der Waals surface area contributed by atoms with E-state index in [0.717, 1.165) is 22.5 Å². The molecule has 0 saturated heterocycles. The summed E-state index contributed by atoms with van der Waals surface area (Å²) in [7, 11) is -4.47. The minimum atomic E-state index is -4.73. The molecule has 1 fully saturated rings.